The van der Waals surface area contributed by atoms with Crippen LogP contribution in [0, 0.1) is 11.3 Å². The molecule has 4 nitrogen and oxygen atoms in total. The number of aromatic nitrogens is 2. The number of rotatable bonds is 2. The fourth-order valence-corrected chi connectivity index (χ4v) is 1.32. The number of pyridine rings is 2. The van der Waals surface area contributed by atoms with Crippen LogP contribution in [0.2, 0.25) is 0 Å². The number of nitrogens with zero attached hydrogens (tertiary/aromatic N) is 3. The molecule has 0 atom stereocenters. The third kappa shape index (κ3) is 2.05. The maximum Gasteiger partial charge on any atom is 0.101 e. The minimum absolute atomic E-state index is 0.0931. The van der Waals surface area contributed by atoms with Crippen molar-refractivity contribution in [3.63, 3.8) is 0 Å². The molecule has 78 valence electrons. The van der Waals surface area contributed by atoms with E-state index in [9.17, 15) is 0 Å². The minimum Gasteiger partial charge on any atom is -0.390 e. The molecular weight excluding hydrogens is 202 g/mol. The molecule has 0 unspecified atom stereocenters. The lowest BCUT2D eigenvalue weighted by Gasteiger charge is -2.01. The van der Waals surface area contributed by atoms with Gasteiger partial charge in [0.25, 0.3) is 0 Å². The van der Waals surface area contributed by atoms with Gasteiger partial charge in [0.05, 0.1) is 29.3 Å². The van der Waals surface area contributed by atoms with Gasteiger partial charge in [-0.3, -0.25) is 4.98 Å². The Balaban J connectivity index is 2.39. The van der Waals surface area contributed by atoms with Crippen LogP contribution >= 0.6 is 0 Å². The molecule has 0 saturated carbocycles. The van der Waals surface area contributed by atoms with E-state index in [-0.39, 0.29) is 6.61 Å². The van der Waals surface area contributed by atoms with Gasteiger partial charge in [0.2, 0.25) is 0 Å². The van der Waals surface area contributed by atoms with Crippen molar-refractivity contribution in [2.45, 2.75) is 6.61 Å². The Bertz CT molecular complexity index is 529. The van der Waals surface area contributed by atoms with Gasteiger partial charge in [-0.05, 0) is 24.3 Å². The van der Waals surface area contributed by atoms with Crippen molar-refractivity contribution < 1.29 is 5.11 Å². The van der Waals surface area contributed by atoms with Gasteiger partial charge in [-0.15, -0.1) is 0 Å². The lowest BCUT2D eigenvalue weighted by atomic mass is 10.2. The van der Waals surface area contributed by atoms with Gasteiger partial charge in [0, 0.05) is 6.20 Å². The van der Waals surface area contributed by atoms with Crippen molar-refractivity contribution in [2.75, 3.05) is 0 Å². The van der Waals surface area contributed by atoms with Gasteiger partial charge >= 0.3 is 0 Å². The Labute approximate surface area is 92.8 Å². The highest BCUT2D eigenvalue weighted by Crippen LogP contribution is 2.14. The fraction of sp³-hybridized carbons (Fsp3) is 0.0833. The monoisotopic (exact) mass is 211 g/mol. The first kappa shape index (κ1) is 10.3. The average Bonchev–Trinajstić information content (AvgIpc) is 2.39. The molecule has 0 saturated heterocycles. The molecule has 0 aromatic carbocycles. The topological polar surface area (TPSA) is 69.8 Å². The molecule has 2 aromatic heterocycles. The van der Waals surface area contributed by atoms with Crippen molar-refractivity contribution in [1.82, 2.24) is 9.97 Å². The SMILES string of the molecule is N#Cc1ccc(-c2cccc(CO)n2)nc1. The van der Waals surface area contributed by atoms with Crippen LogP contribution < -0.4 is 0 Å². The minimum atomic E-state index is -0.0931. The molecule has 1 N–H and O–H groups in total. The van der Waals surface area contributed by atoms with Crippen LogP contribution in [0.1, 0.15) is 11.3 Å². The summed E-state index contributed by atoms with van der Waals surface area (Å²) in [6, 6.07) is 10.8. The lowest BCUT2D eigenvalue weighted by Crippen LogP contribution is -1.93. The van der Waals surface area contributed by atoms with Crippen LogP contribution in [-0.4, -0.2) is 15.1 Å². The summed E-state index contributed by atoms with van der Waals surface area (Å²) in [4.78, 5) is 8.35. The molecule has 0 aliphatic rings. The zero-order chi connectivity index (χ0) is 11.4. The van der Waals surface area contributed by atoms with Gasteiger partial charge in [-0.25, -0.2) is 4.98 Å². The third-order valence-corrected chi connectivity index (χ3v) is 2.12. The Morgan fingerprint density at radius 2 is 2.06 bits per heavy atom. The van der Waals surface area contributed by atoms with Gasteiger partial charge in [-0.1, -0.05) is 6.07 Å². The highest BCUT2D eigenvalue weighted by Gasteiger charge is 2.01. The first-order valence-electron chi connectivity index (χ1n) is 4.77. The summed E-state index contributed by atoms with van der Waals surface area (Å²) in [5.41, 5.74) is 2.50. The maximum absolute atomic E-state index is 8.97. The predicted octanol–water partition coefficient (Wildman–Crippen LogP) is 1.51. The van der Waals surface area contributed by atoms with Crippen LogP contribution in [0.3, 0.4) is 0 Å². The van der Waals surface area contributed by atoms with Crippen molar-refractivity contribution in [1.29, 1.82) is 5.26 Å². The maximum atomic E-state index is 8.97. The molecule has 2 aromatic rings. The summed E-state index contributed by atoms with van der Waals surface area (Å²) < 4.78 is 0. The Morgan fingerprint density at radius 1 is 1.19 bits per heavy atom. The van der Waals surface area contributed by atoms with Crippen molar-refractivity contribution >= 4 is 0 Å². The second-order valence-corrected chi connectivity index (χ2v) is 3.22. The molecule has 0 spiro atoms. The molecule has 0 aliphatic heterocycles. The summed E-state index contributed by atoms with van der Waals surface area (Å²) in [6.45, 7) is -0.0931. The largest absolute Gasteiger partial charge is 0.390 e. The van der Waals surface area contributed by atoms with E-state index in [1.165, 1.54) is 6.20 Å². The summed E-state index contributed by atoms with van der Waals surface area (Å²) >= 11 is 0. The molecule has 0 bridgehead atoms. The van der Waals surface area contributed by atoms with E-state index in [2.05, 4.69) is 9.97 Å². The van der Waals surface area contributed by atoms with Gasteiger partial charge in [0.1, 0.15) is 6.07 Å². The number of hydrogen-bond donors (Lipinski definition) is 1. The highest BCUT2D eigenvalue weighted by atomic mass is 16.3. The van der Waals surface area contributed by atoms with E-state index in [1.54, 1.807) is 18.2 Å². The molecule has 16 heavy (non-hydrogen) atoms. The molecule has 0 radical (unpaired) electrons. The van der Waals surface area contributed by atoms with Gasteiger partial charge in [-0.2, -0.15) is 5.26 Å². The molecule has 0 amide bonds. The molecule has 0 aliphatic carbocycles. The fourth-order valence-electron chi connectivity index (χ4n) is 1.32. The van der Waals surface area contributed by atoms with E-state index in [1.807, 2.05) is 18.2 Å². The standard InChI is InChI=1S/C12H9N3O/c13-6-9-4-5-11(14-7-9)12-3-1-2-10(8-16)15-12/h1-5,7,16H,8H2. The van der Waals surface area contributed by atoms with Crippen molar-refractivity contribution in [2.24, 2.45) is 0 Å². The highest BCUT2D eigenvalue weighted by molar-refractivity contribution is 5.54. The smallest absolute Gasteiger partial charge is 0.101 e. The number of hydrogen-bond acceptors (Lipinski definition) is 4. The van der Waals surface area contributed by atoms with Crippen LogP contribution in [0.25, 0.3) is 11.4 Å². The molecular formula is C12H9N3O. The zero-order valence-electron chi connectivity index (χ0n) is 8.46. The Hall–Kier alpha value is -2.25. The van der Waals surface area contributed by atoms with E-state index < -0.39 is 0 Å². The van der Waals surface area contributed by atoms with Crippen LogP contribution in [0.15, 0.2) is 36.5 Å². The number of nitriles is 1. The lowest BCUT2D eigenvalue weighted by molar-refractivity contribution is 0.277. The average molecular weight is 211 g/mol. The summed E-state index contributed by atoms with van der Waals surface area (Å²) in [5.74, 6) is 0. The summed E-state index contributed by atoms with van der Waals surface area (Å²) in [6.07, 6.45) is 1.50. The molecule has 2 rings (SSSR count). The second-order valence-electron chi connectivity index (χ2n) is 3.22. The van der Waals surface area contributed by atoms with Gasteiger partial charge < -0.3 is 5.11 Å². The van der Waals surface area contributed by atoms with E-state index in [4.69, 9.17) is 10.4 Å². The Morgan fingerprint density at radius 3 is 2.69 bits per heavy atom. The van der Waals surface area contributed by atoms with Crippen LogP contribution in [-0.2, 0) is 6.61 Å². The molecule has 0 fully saturated rings. The first-order valence-corrected chi connectivity index (χ1v) is 4.77. The number of aliphatic hydroxyl groups excluding tert-OH is 1. The first-order chi connectivity index (χ1) is 7.83. The summed E-state index contributed by atoms with van der Waals surface area (Å²) in [5, 5.41) is 17.6. The summed E-state index contributed by atoms with van der Waals surface area (Å²) in [7, 11) is 0. The van der Waals surface area contributed by atoms with Crippen LogP contribution in [0.4, 0.5) is 0 Å². The van der Waals surface area contributed by atoms with Gasteiger partial charge in [0.15, 0.2) is 0 Å². The van der Waals surface area contributed by atoms with E-state index in [0.29, 0.717) is 22.6 Å². The predicted molar refractivity (Wildman–Crippen MR) is 58.1 cm³/mol. The number of aliphatic hydroxyl groups is 1. The van der Waals surface area contributed by atoms with Crippen molar-refractivity contribution in [3.05, 3.63) is 47.8 Å². The van der Waals surface area contributed by atoms with E-state index >= 15 is 0 Å². The zero-order valence-corrected chi connectivity index (χ0v) is 8.46. The van der Waals surface area contributed by atoms with Crippen LogP contribution in [0.5, 0.6) is 0 Å². The molecule has 4 heteroatoms. The van der Waals surface area contributed by atoms with E-state index in [0.717, 1.165) is 0 Å². The molecule has 2 heterocycles. The second kappa shape index (κ2) is 4.51. The quantitative estimate of drug-likeness (QED) is 0.817. The third-order valence-electron chi connectivity index (χ3n) is 2.12. The van der Waals surface area contributed by atoms with Crippen molar-refractivity contribution in [3.8, 4) is 17.5 Å². The normalized spacial score (nSPS) is 9.75. The Kier molecular flexibility index (Phi) is 2.90.